The van der Waals surface area contributed by atoms with Gasteiger partial charge in [-0.3, -0.25) is 9.48 Å². The highest BCUT2D eigenvalue weighted by Gasteiger charge is 2.27. The van der Waals surface area contributed by atoms with E-state index in [-0.39, 0.29) is 18.3 Å². The van der Waals surface area contributed by atoms with Crippen LogP contribution in [0.2, 0.25) is 0 Å². The van der Waals surface area contributed by atoms with E-state index >= 15 is 0 Å². The summed E-state index contributed by atoms with van der Waals surface area (Å²) in [7, 11) is 0. The van der Waals surface area contributed by atoms with Gasteiger partial charge in [-0.05, 0) is 49.9 Å². The minimum atomic E-state index is -0.105. The number of nitrogens with zero attached hydrogens (tertiary/aromatic N) is 3. The van der Waals surface area contributed by atoms with Crippen molar-refractivity contribution in [3.8, 4) is 5.75 Å². The lowest BCUT2D eigenvalue weighted by Gasteiger charge is -2.32. The summed E-state index contributed by atoms with van der Waals surface area (Å²) in [6.45, 7) is 5.61. The summed E-state index contributed by atoms with van der Waals surface area (Å²) in [5, 5.41) is 23.6. The first-order chi connectivity index (χ1) is 12.0. The monoisotopic (exact) mass is 343 g/mol. The topological polar surface area (TPSA) is 78.6 Å². The Morgan fingerprint density at radius 3 is 2.68 bits per heavy atom. The summed E-state index contributed by atoms with van der Waals surface area (Å²) in [6, 6.07) is 5.63. The molecule has 1 aliphatic rings. The highest BCUT2D eigenvalue weighted by atomic mass is 16.3. The molecule has 0 unspecified atom stereocenters. The third-order valence-electron chi connectivity index (χ3n) is 4.94. The Labute approximate surface area is 147 Å². The Morgan fingerprint density at radius 2 is 2.00 bits per heavy atom. The van der Waals surface area contributed by atoms with E-state index in [1.807, 2.05) is 35.6 Å². The SMILES string of the molecule is Cc1cc(C)c(O)c(C(=O)N2CCC(c3ccnn3CCO)CC2)c1. The summed E-state index contributed by atoms with van der Waals surface area (Å²) in [5.41, 5.74) is 3.21. The number of aliphatic hydroxyl groups excluding tert-OH is 1. The van der Waals surface area contributed by atoms with Crippen molar-refractivity contribution in [2.75, 3.05) is 19.7 Å². The molecule has 0 atom stereocenters. The maximum absolute atomic E-state index is 12.8. The van der Waals surface area contributed by atoms with Gasteiger partial charge in [0, 0.05) is 30.9 Å². The molecule has 1 aliphatic heterocycles. The number of aromatic nitrogens is 2. The van der Waals surface area contributed by atoms with Gasteiger partial charge >= 0.3 is 0 Å². The van der Waals surface area contributed by atoms with E-state index in [1.165, 1.54) is 0 Å². The highest BCUT2D eigenvalue weighted by molar-refractivity contribution is 5.97. The predicted molar refractivity (Wildman–Crippen MR) is 94.8 cm³/mol. The number of carbonyl (C=O) groups excluding carboxylic acids is 1. The molecule has 0 radical (unpaired) electrons. The number of aryl methyl sites for hydroxylation is 2. The lowest BCUT2D eigenvalue weighted by atomic mass is 9.92. The Bertz CT molecular complexity index is 761. The number of rotatable bonds is 4. The predicted octanol–water partition coefficient (Wildman–Crippen LogP) is 2.22. The van der Waals surface area contributed by atoms with Crippen molar-refractivity contribution in [3.63, 3.8) is 0 Å². The van der Waals surface area contributed by atoms with Crippen molar-refractivity contribution < 1.29 is 15.0 Å². The molecule has 2 heterocycles. The van der Waals surface area contributed by atoms with Crippen LogP contribution in [0.4, 0.5) is 0 Å². The van der Waals surface area contributed by atoms with Gasteiger partial charge in [0.2, 0.25) is 0 Å². The molecule has 1 amide bonds. The lowest BCUT2D eigenvalue weighted by Crippen LogP contribution is -2.38. The summed E-state index contributed by atoms with van der Waals surface area (Å²) in [4.78, 5) is 14.6. The van der Waals surface area contributed by atoms with Crippen LogP contribution in [0.1, 0.15) is 45.9 Å². The largest absolute Gasteiger partial charge is 0.507 e. The molecule has 3 rings (SSSR count). The van der Waals surface area contributed by atoms with Crippen LogP contribution >= 0.6 is 0 Å². The fourth-order valence-corrected chi connectivity index (χ4v) is 3.64. The maximum Gasteiger partial charge on any atom is 0.257 e. The van der Waals surface area contributed by atoms with Gasteiger partial charge in [0.25, 0.3) is 5.91 Å². The number of hydrogen-bond acceptors (Lipinski definition) is 4. The van der Waals surface area contributed by atoms with Crippen molar-refractivity contribution in [1.29, 1.82) is 0 Å². The summed E-state index contributed by atoms with van der Waals surface area (Å²) >= 11 is 0. The highest BCUT2D eigenvalue weighted by Crippen LogP contribution is 2.30. The fraction of sp³-hybridized carbons (Fsp3) is 0.474. The van der Waals surface area contributed by atoms with Crippen molar-refractivity contribution in [3.05, 3.63) is 46.8 Å². The first-order valence-electron chi connectivity index (χ1n) is 8.73. The molecule has 1 fully saturated rings. The first kappa shape index (κ1) is 17.5. The number of aliphatic hydroxyl groups is 1. The van der Waals surface area contributed by atoms with Crippen molar-refractivity contribution in [2.45, 2.75) is 39.2 Å². The summed E-state index contributed by atoms with van der Waals surface area (Å²) in [6.07, 6.45) is 3.47. The zero-order valence-corrected chi connectivity index (χ0v) is 14.8. The third-order valence-corrected chi connectivity index (χ3v) is 4.94. The van der Waals surface area contributed by atoms with E-state index in [0.717, 1.165) is 29.7 Å². The standard InChI is InChI=1S/C19H25N3O3/c1-13-11-14(2)18(24)16(12-13)19(25)21-7-4-15(5-8-21)17-3-6-20-22(17)9-10-23/h3,6,11-12,15,23-24H,4-5,7-10H2,1-2H3. The lowest BCUT2D eigenvalue weighted by molar-refractivity contribution is 0.0707. The second-order valence-corrected chi connectivity index (χ2v) is 6.75. The molecule has 1 aromatic carbocycles. The molecule has 6 nitrogen and oxygen atoms in total. The van der Waals surface area contributed by atoms with E-state index in [4.69, 9.17) is 5.11 Å². The smallest absolute Gasteiger partial charge is 0.257 e. The molecule has 0 aliphatic carbocycles. The van der Waals surface area contributed by atoms with Gasteiger partial charge in [-0.1, -0.05) is 6.07 Å². The van der Waals surface area contributed by atoms with Gasteiger partial charge in [-0.2, -0.15) is 5.10 Å². The van der Waals surface area contributed by atoms with Crippen LogP contribution in [0.3, 0.4) is 0 Å². The van der Waals surface area contributed by atoms with Crippen LogP contribution in [0.25, 0.3) is 0 Å². The Morgan fingerprint density at radius 1 is 1.28 bits per heavy atom. The number of carbonyl (C=O) groups is 1. The molecule has 6 heteroatoms. The number of amides is 1. The van der Waals surface area contributed by atoms with Gasteiger partial charge < -0.3 is 15.1 Å². The first-order valence-corrected chi connectivity index (χ1v) is 8.73. The Balaban J connectivity index is 1.70. The number of phenolic OH excluding ortho intramolecular Hbond substituents is 1. The fourth-order valence-electron chi connectivity index (χ4n) is 3.64. The molecule has 25 heavy (non-hydrogen) atoms. The van der Waals surface area contributed by atoms with Crippen LogP contribution in [-0.2, 0) is 6.54 Å². The quantitative estimate of drug-likeness (QED) is 0.892. The Hall–Kier alpha value is -2.34. The molecule has 134 valence electrons. The van der Waals surface area contributed by atoms with Crippen LogP contribution in [-0.4, -0.2) is 50.5 Å². The summed E-state index contributed by atoms with van der Waals surface area (Å²) in [5.74, 6) is 0.316. The van der Waals surface area contributed by atoms with Gasteiger partial charge in [0.15, 0.2) is 0 Å². The van der Waals surface area contributed by atoms with E-state index in [0.29, 0.717) is 31.1 Å². The molecule has 2 aromatic rings. The van der Waals surface area contributed by atoms with Crippen molar-refractivity contribution in [1.82, 2.24) is 14.7 Å². The van der Waals surface area contributed by atoms with E-state index in [9.17, 15) is 9.90 Å². The third kappa shape index (κ3) is 3.54. The number of piperidine rings is 1. The number of phenols is 1. The Kier molecular flexibility index (Phi) is 5.08. The average Bonchev–Trinajstić information content (AvgIpc) is 3.06. The van der Waals surface area contributed by atoms with Gasteiger partial charge in [0.05, 0.1) is 18.7 Å². The molecule has 1 aromatic heterocycles. The number of hydrogen-bond donors (Lipinski definition) is 2. The zero-order valence-electron chi connectivity index (χ0n) is 14.8. The molecular weight excluding hydrogens is 318 g/mol. The molecule has 0 spiro atoms. The van der Waals surface area contributed by atoms with Crippen molar-refractivity contribution >= 4 is 5.91 Å². The van der Waals surface area contributed by atoms with E-state index in [1.54, 1.807) is 12.3 Å². The maximum atomic E-state index is 12.8. The molecule has 1 saturated heterocycles. The number of aromatic hydroxyl groups is 1. The molecule has 0 bridgehead atoms. The van der Waals surface area contributed by atoms with Crippen LogP contribution in [0, 0.1) is 13.8 Å². The van der Waals surface area contributed by atoms with Gasteiger partial charge in [0.1, 0.15) is 5.75 Å². The van der Waals surface area contributed by atoms with Crippen LogP contribution < -0.4 is 0 Å². The molecular formula is C19H25N3O3. The minimum Gasteiger partial charge on any atom is -0.507 e. The molecule has 0 saturated carbocycles. The van der Waals surface area contributed by atoms with Gasteiger partial charge in [-0.15, -0.1) is 0 Å². The zero-order chi connectivity index (χ0) is 18.0. The molecule has 2 N–H and O–H groups in total. The van der Waals surface area contributed by atoms with Crippen molar-refractivity contribution in [2.24, 2.45) is 0 Å². The normalized spacial score (nSPS) is 15.6. The van der Waals surface area contributed by atoms with E-state index in [2.05, 4.69) is 5.10 Å². The van der Waals surface area contributed by atoms with E-state index < -0.39 is 0 Å². The van der Waals surface area contributed by atoms with Gasteiger partial charge in [-0.25, -0.2) is 0 Å². The second kappa shape index (κ2) is 7.27. The summed E-state index contributed by atoms with van der Waals surface area (Å²) < 4.78 is 1.85. The minimum absolute atomic E-state index is 0.0675. The van der Waals surface area contributed by atoms with Crippen LogP contribution in [0.15, 0.2) is 24.4 Å². The number of likely N-dealkylation sites (tertiary alicyclic amines) is 1. The average molecular weight is 343 g/mol. The second-order valence-electron chi connectivity index (χ2n) is 6.75. The van der Waals surface area contributed by atoms with Crippen LogP contribution in [0.5, 0.6) is 5.75 Å². The number of benzene rings is 1.